The lowest BCUT2D eigenvalue weighted by Gasteiger charge is -2.17. The van der Waals surface area contributed by atoms with Gasteiger partial charge in [0.2, 0.25) is 5.91 Å². The van der Waals surface area contributed by atoms with Gasteiger partial charge in [-0.25, -0.2) is 0 Å². The Labute approximate surface area is 124 Å². The maximum Gasteiger partial charge on any atom is 0.220 e. The number of hydrogen-bond donors (Lipinski definition) is 1. The summed E-state index contributed by atoms with van der Waals surface area (Å²) in [6.07, 6.45) is 0.471. The maximum atomic E-state index is 11.9. The van der Waals surface area contributed by atoms with Crippen molar-refractivity contribution < 1.29 is 4.79 Å². The highest BCUT2D eigenvalue weighted by atomic mass is 16.1. The van der Waals surface area contributed by atoms with Gasteiger partial charge in [0, 0.05) is 6.42 Å². The van der Waals surface area contributed by atoms with E-state index in [9.17, 15) is 4.79 Å². The number of tetrazole rings is 1. The standard InChI is InChI=1S/C15H21N5O/c1-11-5-7-12(8-6-11)20-13(17-18-19-20)10-16-14(21)9-15(2,3)4/h5-8H,9-10H2,1-4H3,(H,16,21). The Morgan fingerprint density at radius 1 is 1.24 bits per heavy atom. The third kappa shape index (κ3) is 4.37. The molecule has 0 bridgehead atoms. The highest BCUT2D eigenvalue weighted by molar-refractivity contribution is 5.76. The summed E-state index contributed by atoms with van der Waals surface area (Å²) in [6.45, 7) is 8.43. The van der Waals surface area contributed by atoms with Crippen molar-refractivity contribution in [3.05, 3.63) is 35.7 Å². The molecule has 0 saturated carbocycles. The van der Waals surface area contributed by atoms with Crippen LogP contribution in [0.5, 0.6) is 0 Å². The molecule has 112 valence electrons. The molecule has 1 aromatic carbocycles. The molecule has 0 aliphatic rings. The van der Waals surface area contributed by atoms with Crippen molar-refractivity contribution in [3.63, 3.8) is 0 Å². The molecule has 2 aromatic rings. The van der Waals surface area contributed by atoms with Gasteiger partial charge < -0.3 is 5.32 Å². The predicted molar refractivity (Wildman–Crippen MR) is 79.8 cm³/mol. The molecule has 6 heteroatoms. The summed E-state index contributed by atoms with van der Waals surface area (Å²) in [6, 6.07) is 7.90. The molecule has 0 unspecified atom stereocenters. The summed E-state index contributed by atoms with van der Waals surface area (Å²) >= 11 is 0. The summed E-state index contributed by atoms with van der Waals surface area (Å²) < 4.78 is 1.64. The molecule has 2 rings (SSSR count). The van der Waals surface area contributed by atoms with Crippen LogP contribution in [0.2, 0.25) is 0 Å². The Morgan fingerprint density at radius 3 is 2.52 bits per heavy atom. The largest absolute Gasteiger partial charge is 0.349 e. The van der Waals surface area contributed by atoms with Gasteiger partial charge in [-0.15, -0.1) is 5.10 Å². The van der Waals surface area contributed by atoms with Gasteiger partial charge >= 0.3 is 0 Å². The fourth-order valence-corrected chi connectivity index (χ4v) is 1.92. The number of amides is 1. The summed E-state index contributed by atoms with van der Waals surface area (Å²) in [7, 11) is 0. The smallest absolute Gasteiger partial charge is 0.220 e. The van der Waals surface area contributed by atoms with Gasteiger partial charge in [-0.1, -0.05) is 38.5 Å². The van der Waals surface area contributed by atoms with Crippen LogP contribution >= 0.6 is 0 Å². The zero-order chi connectivity index (χ0) is 15.5. The van der Waals surface area contributed by atoms with Gasteiger partial charge in [-0.2, -0.15) is 4.68 Å². The highest BCUT2D eigenvalue weighted by Crippen LogP contribution is 2.18. The molecule has 1 heterocycles. The molecule has 0 radical (unpaired) electrons. The molecule has 0 saturated heterocycles. The van der Waals surface area contributed by atoms with Crippen LogP contribution < -0.4 is 5.32 Å². The third-order valence-corrected chi connectivity index (χ3v) is 2.95. The SMILES string of the molecule is Cc1ccc(-n2nnnc2CNC(=O)CC(C)(C)C)cc1. The van der Waals surface area contributed by atoms with Crippen molar-refractivity contribution in [2.75, 3.05) is 0 Å². The van der Waals surface area contributed by atoms with Crippen LogP contribution in [0, 0.1) is 12.3 Å². The van der Waals surface area contributed by atoms with Crippen LogP contribution in [0.15, 0.2) is 24.3 Å². The van der Waals surface area contributed by atoms with E-state index >= 15 is 0 Å². The predicted octanol–water partition coefficient (Wildman–Crippen LogP) is 2.02. The zero-order valence-electron chi connectivity index (χ0n) is 12.9. The van der Waals surface area contributed by atoms with Crippen molar-refractivity contribution in [1.29, 1.82) is 0 Å². The van der Waals surface area contributed by atoms with Crippen LogP contribution in [0.3, 0.4) is 0 Å². The van der Waals surface area contributed by atoms with Crippen molar-refractivity contribution in [3.8, 4) is 5.69 Å². The molecule has 1 amide bonds. The average molecular weight is 287 g/mol. The minimum atomic E-state index is -0.0348. The zero-order valence-corrected chi connectivity index (χ0v) is 12.9. The first-order valence-electron chi connectivity index (χ1n) is 6.96. The van der Waals surface area contributed by atoms with E-state index in [0.29, 0.717) is 18.8 Å². The lowest BCUT2D eigenvalue weighted by molar-refractivity contribution is -0.123. The Hall–Kier alpha value is -2.24. The van der Waals surface area contributed by atoms with Crippen LogP contribution in [-0.4, -0.2) is 26.1 Å². The van der Waals surface area contributed by atoms with E-state index in [1.54, 1.807) is 4.68 Å². The molecule has 0 aliphatic carbocycles. The monoisotopic (exact) mass is 287 g/mol. The second-order valence-electron chi connectivity index (χ2n) is 6.36. The molecule has 0 aliphatic heterocycles. The first kappa shape index (κ1) is 15.2. The van der Waals surface area contributed by atoms with Crippen molar-refractivity contribution in [1.82, 2.24) is 25.5 Å². The number of aromatic nitrogens is 4. The van der Waals surface area contributed by atoms with Crippen molar-refractivity contribution >= 4 is 5.91 Å². The van der Waals surface area contributed by atoms with Crippen LogP contribution in [0.4, 0.5) is 0 Å². The Bertz CT molecular complexity index is 610. The fraction of sp³-hybridized carbons (Fsp3) is 0.467. The van der Waals surface area contributed by atoms with E-state index in [4.69, 9.17) is 0 Å². The van der Waals surface area contributed by atoms with Gasteiger partial charge in [0.25, 0.3) is 0 Å². The van der Waals surface area contributed by atoms with E-state index in [2.05, 4.69) is 20.8 Å². The number of rotatable bonds is 4. The summed E-state index contributed by atoms with van der Waals surface area (Å²) in [5, 5.41) is 14.5. The van der Waals surface area contributed by atoms with Crippen LogP contribution in [0.1, 0.15) is 38.6 Å². The van der Waals surface area contributed by atoms with Gasteiger partial charge in [-0.05, 0) is 34.9 Å². The van der Waals surface area contributed by atoms with E-state index in [0.717, 1.165) is 5.69 Å². The minimum absolute atomic E-state index is 0.000885. The van der Waals surface area contributed by atoms with Crippen LogP contribution in [-0.2, 0) is 11.3 Å². The fourth-order valence-electron chi connectivity index (χ4n) is 1.92. The van der Waals surface area contributed by atoms with E-state index in [1.807, 2.05) is 52.0 Å². The lowest BCUT2D eigenvalue weighted by atomic mass is 9.92. The topological polar surface area (TPSA) is 72.7 Å². The Morgan fingerprint density at radius 2 is 1.90 bits per heavy atom. The third-order valence-electron chi connectivity index (χ3n) is 2.95. The Balaban J connectivity index is 2.04. The summed E-state index contributed by atoms with van der Waals surface area (Å²) in [5.41, 5.74) is 2.02. The summed E-state index contributed by atoms with van der Waals surface area (Å²) in [4.78, 5) is 11.9. The number of carbonyl (C=O) groups excluding carboxylic acids is 1. The minimum Gasteiger partial charge on any atom is -0.349 e. The number of nitrogens with zero attached hydrogens (tertiary/aromatic N) is 4. The van der Waals surface area contributed by atoms with Gasteiger partial charge in [0.15, 0.2) is 5.82 Å². The van der Waals surface area contributed by atoms with Crippen molar-refractivity contribution in [2.45, 2.75) is 40.7 Å². The Kier molecular flexibility index (Phi) is 4.35. The van der Waals surface area contributed by atoms with Gasteiger partial charge in [0.05, 0.1) is 12.2 Å². The lowest BCUT2D eigenvalue weighted by Crippen LogP contribution is -2.28. The maximum absolute atomic E-state index is 11.9. The molecule has 0 spiro atoms. The van der Waals surface area contributed by atoms with Gasteiger partial charge in [-0.3, -0.25) is 4.79 Å². The highest BCUT2D eigenvalue weighted by Gasteiger charge is 2.16. The first-order chi connectivity index (χ1) is 9.85. The number of aryl methyl sites for hydroxylation is 1. The number of hydrogen-bond acceptors (Lipinski definition) is 4. The second kappa shape index (κ2) is 6.03. The molecular weight excluding hydrogens is 266 g/mol. The average Bonchev–Trinajstić information content (AvgIpc) is 2.83. The van der Waals surface area contributed by atoms with Gasteiger partial charge in [0.1, 0.15) is 0 Å². The number of carbonyl (C=O) groups is 1. The second-order valence-corrected chi connectivity index (χ2v) is 6.36. The molecule has 6 nitrogen and oxygen atoms in total. The molecule has 0 fully saturated rings. The van der Waals surface area contributed by atoms with E-state index in [1.165, 1.54) is 5.56 Å². The number of benzene rings is 1. The van der Waals surface area contributed by atoms with Crippen LogP contribution in [0.25, 0.3) is 5.69 Å². The molecule has 0 atom stereocenters. The first-order valence-corrected chi connectivity index (χ1v) is 6.96. The van der Waals surface area contributed by atoms with E-state index < -0.39 is 0 Å². The summed E-state index contributed by atoms with van der Waals surface area (Å²) in [5.74, 6) is 0.613. The van der Waals surface area contributed by atoms with E-state index in [-0.39, 0.29) is 11.3 Å². The molecule has 21 heavy (non-hydrogen) atoms. The van der Waals surface area contributed by atoms with Crippen molar-refractivity contribution in [2.24, 2.45) is 5.41 Å². The molecule has 1 N–H and O–H groups in total. The quantitative estimate of drug-likeness (QED) is 0.933. The molecule has 1 aromatic heterocycles. The molecular formula is C15H21N5O. The normalized spacial score (nSPS) is 11.4. The number of nitrogens with one attached hydrogen (secondary N) is 1.